The highest BCUT2D eigenvalue weighted by atomic mass is 127. The van der Waals surface area contributed by atoms with Crippen molar-refractivity contribution in [2.45, 2.75) is 24.8 Å². The monoisotopic (exact) mass is 666 g/mol. The van der Waals surface area contributed by atoms with Crippen LogP contribution in [0.25, 0.3) is 0 Å². The minimum Gasteiger partial charge on any atom is -0.487 e. The average molecular weight is 668 g/mol. The third kappa shape index (κ3) is 6.29. The second-order valence-corrected chi connectivity index (χ2v) is 8.75. The second kappa shape index (κ2) is 9.87. The number of benzene rings is 2. The molecule has 0 atom stereocenters. The number of halogens is 11. The molecule has 0 aromatic heterocycles. The molecule has 0 spiro atoms. The molecular weight excluding hydrogens is 659 g/mol. The number of alkyl halides is 7. The molecule has 0 radical (unpaired) electrons. The van der Waals surface area contributed by atoms with E-state index >= 15 is 0 Å². The first-order chi connectivity index (χ1) is 14.2. The fourth-order valence-electron chi connectivity index (χ4n) is 2.04. The lowest BCUT2D eigenvalue weighted by Crippen LogP contribution is -2.58. The molecule has 0 saturated carbocycles. The van der Waals surface area contributed by atoms with Crippen molar-refractivity contribution in [1.29, 1.82) is 0 Å². The molecular formula is C17H9BrCl2F7IN2O. The number of nitrogens with one attached hydrogen (secondary N) is 1. The molecule has 14 heteroatoms. The standard InChI is InChI=1S/C17H9BrCl2F7IN2O/c18-10-4-9(6-29-30-17(26,27)15(21,22)16(23,24)25)14(13(28)5-10)31-7-8-1-2-11(19)12(20)3-8/h1-6,30H,7H2/b29-6-. The first-order valence-corrected chi connectivity index (χ1v) is 10.5. The number of nitrogens with zero attached hydrogens (tertiary/aromatic N) is 1. The molecule has 0 amide bonds. The summed E-state index contributed by atoms with van der Waals surface area (Å²) in [5.41, 5.74) is 1.20. The maximum Gasteiger partial charge on any atom is 0.462 e. The predicted molar refractivity (Wildman–Crippen MR) is 114 cm³/mol. The zero-order valence-electron chi connectivity index (χ0n) is 14.7. The summed E-state index contributed by atoms with van der Waals surface area (Å²) in [5, 5.41) is 3.46. The van der Waals surface area contributed by atoms with E-state index in [1.165, 1.54) is 18.2 Å². The highest BCUT2D eigenvalue weighted by molar-refractivity contribution is 14.1. The van der Waals surface area contributed by atoms with Gasteiger partial charge < -0.3 is 4.74 Å². The smallest absolute Gasteiger partial charge is 0.462 e. The Labute approximate surface area is 203 Å². The first-order valence-electron chi connectivity index (χ1n) is 7.84. The Hall–Kier alpha value is -0.990. The van der Waals surface area contributed by atoms with E-state index in [4.69, 9.17) is 27.9 Å². The lowest BCUT2D eigenvalue weighted by molar-refractivity contribution is -0.361. The van der Waals surface area contributed by atoms with Gasteiger partial charge in [0.25, 0.3) is 0 Å². The van der Waals surface area contributed by atoms with Crippen molar-refractivity contribution >= 4 is 67.9 Å². The van der Waals surface area contributed by atoms with Crippen molar-refractivity contribution in [3.05, 3.63) is 59.5 Å². The fraction of sp³-hybridized carbons (Fsp3) is 0.235. The molecule has 1 N–H and O–H groups in total. The van der Waals surface area contributed by atoms with Crippen molar-refractivity contribution in [3.63, 3.8) is 0 Å². The van der Waals surface area contributed by atoms with Gasteiger partial charge in [0, 0.05) is 10.0 Å². The van der Waals surface area contributed by atoms with Crippen LogP contribution >= 0.6 is 61.7 Å². The van der Waals surface area contributed by atoms with E-state index in [1.54, 1.807) is 12.1 Å². The van der Waals surface area contributed by atoms with Gasteiger partial charge in [0.05, 0.1) is 19.8 Å². The van der Waals surface area contributed by atoms with Gasteiger partial charge in [-0.25, -0.2) is 5.43 Å². The van der Waals surface area contributed by atoms with Crippen molar-refractivity contribution < 1.29 is 35.5 Å². The minimum absolute atomic E-state index is 0.0254. The zero-order chi connectivity index (χ0) is 23.6. The lowest BCUT2D eigenvalue weighted by Gasteiger charge is -2.27. The molecule has 0 saturated heterocycles. The van der Waals surface area contributed by atoms with Crippen molar-refractivity contribution in [1.82, 2.24) is 5.43 Å². The molecule has 0 aliphatic carbocycles. The SMILES string of the molecule is FC(F)(F)C(F)(F)C(F)(F)N/N=C\c1cc(Br)cc(I)c1OCc1ccc(Cl)c(Cl)c1. The Balaban J connectivity index is 2.25. The third-order valence-electron chi connectivity index (χ3n) is 3.56. The molecule has 2 rings (SSSR count). The second-order valence-electron chi connectivity index (χ2n) is 5.86. The highest BCUT2D eigenvalue weighted by Crippen LogP contribution is 2.45. The molecule has 0 bridgehead atoms. The van der Waals surface area contributed by atoms with Gasteiger partial charge in [-0.05, 0) is 52.4 Å². The molecule has 0 aliphatic heterocycles. The van der Waals surface area contributed by atoms with Crippen molar-refractivity contribution in [2.24, 2.45) is 5.10 Å². The lowest BCUT2D eigenvalue weighted by atomic mass is 10.2. The van der Waals surface area contributed by atoms with Crippen LogP contribution in [0.15, 0.2) is 39.9 Å². The van der Waals surface area contributed by atoms with E-state index < -0.39 is 18.1 Å². The van der Waals surface area contributed by atoms with Gasteiger partial charge >= 0.3 is 18.1 Å². The van der Waals surface area contributed by atoms with Crippen LogP contribution in [0.1, 0.15) is 11.1 Å². The van der Waals surface area contributed by atoms with Crippen LogP contribution in [0, 0.1) is 3.57 Å². The molecule has 31 heavy (non-hydrogen) atoms. The molecule has 3 nitrogen and oxygen atoms in total. The van der Waals surface area contributed by atoms with E-state index in [9.17, 15) is 30.7 Å². The number of rotatable bonds is 7. The van der Waals surface area contributed by atoms with E-state index in [0.717, 1.165) is 0 Å². The summed E-state index contributed by atoms with van der Waals surface area (Å²) in [7, 11) is 0. The van der Waals surface area contributed by atoms with E-state index in [1.807, 2.05) is 22.6 Å². The summed E-state index contributed by atoms with van der Waals surface area (Å²) in [6.45, 7) is -0.0366. The van der Waals surface area contributed by atoms with Crippen molar-refractivity contribution in [2.75, 3.05) is 0 Å². The minimum atomic E-state index is -6.47. The maximum atomic E-state index is 13.3. The van der Waals surface area contributed by atoms with E-state index in [2.05, 4.69) is 21.0 Å². The molecule has 2 aromatic rings. The first kappa shape index (κ1) is 26.3. The Morgan fingerprint density at radius 3 is 2.26 bits per heavy atom. The molecule has 0 heterocycles. The summed E-state index contributed by atoms with van der Waals surface area (Å²) in [6, 6.07) is 1.95. The number of hydrazone groups is 1. The zero-order valence-corrected chi connectivity index (χ0v) is 19.9. The molecule has 0 unspecified atom stereocenters. The van der Waals surface area contributed by atoms with Gasteiger partial charge in [0.1, 0.15) is 12.4 Å². The Morgan fingerprint density at radius 2 is 1.68 bits per heavy atom. The molecule has 2 aromatic carbocycles. The predicted octanol–water partition coefficient (Wildman–Crippen LogP) is 7.65. The summed E-state index contributed by atoms with van der Waals surface area (Å²) in [5.74, 6) is -6.22. The van der Waals surface area contributed by atoms with Gasteiger partial charge in [-0.1, -0.05) is 45.2 Å². The van der Waals surface area contributed by atoms with Crippen molar-refractivity contribution in [3.8, 4) is 5.75 Å². The topological polar surface area (TPSA) is 33.6 Å². The van der Waals surface area contributed by atoms with Crippen LogP contribution in [-0.4, -0.2) is 24.4 Å². The van der Waals surface area contributed by atoms with Gasteiger partial charge in [-0.15, -0.1) is 0 Å². The van der Waals surface area contributed by atoms with E-state index in [0.29, 0.717) is 30.3 Å². The third-order valence-corrected chi connectivity index (χ3v) is 5.56. The van der Waals surface area contributed by atoms with Crippen LogP contribution in [0.2, 0.25) is 10.0 Å². The van der Waals surface area contributed by atoms with Crippen LogP contribution in [0.3, 0.4) is 0 Å². The molecule has 170 valence electrons. The average Bonchev–Trinajstić information content (AvgIpc) is 2.62. The van der Waals surface area contributed by atoms with E-state index in [-0.39, 0.29) is 22.9 Å². The Bertz CT molecular complexity index is 990. The Morgan fingerprint density at radius 1 is 1.03 bits per heavy atom. The van der Waals surface area contributed by atoms with Crippen LogP contribution in [-0.2, 0) is 6.61 Å². The Kier molecular flexibility index (Phi) is 8.37. The summed E-state index contributed by atoms with van der Waals surface area (Å²) in [4.78, 5) is 0. The molecule has 0 aliphatic rings. The summed E-state index contributed by atoms with van der Waals surface area (Å²) < 4.78 is 95.7. The number of hydrogen-bond acceptors (Lipinski definition) is 3. The summed E-state index contributed by atoms with van der Waals surface area (Å²) >= 11 is 16.8. The van der Waals surface area contributed by atoms with Crippen LogP contribution < -0.4 is 10.2 Å². The number of ether oxygens (including phenoxy) is 1. The summed E-state index contributed by atoms with van der Waals surface area (Å²) in [6.07, 6.45) is -5.84. The normalized spacial score (nSPS) is 13.0. The van der Waals surface area contributed by atoms with Crippen LogP contribution in [0.5, 0.6) is 5.75 Å². The largest absolute Gasteiger partial charge is 0.487 e. The fourth-order valence-corrected chi connectivity index (χ4v) is 4.07. The van der Waals surface area contributed by atoms with Gasteiger partial charge in [-0.2, -0.15) is 35.8 Å². The van der Waals surface area contributed by atoms with Gasteiger partial charge in [0.2, 0.25) is 0 Å². The van der Waals surface area contributed by atoms with Gasteiger partial charge in [0.15, 0.2) is 0 Å². The van der Waals surface area contributed by atoms with Gasteiger partial charge in [-0.3, -0.25) is 0 Å². The number of hydrogen-bond donors (Lipinski definition) is 1. The van der Waals surface area contributed by atoms with Crippen LogP contribution in [0.4, 0.5) is 30.7 Å². The quantitative estimate of drug-likeness (QED) is 0.108. The molecule has 0 fully saturated rings. The highest BCUT2D eigenvalue weighted by Gasteiger charge is 2.73. The maximum absolute atomic E-state index is 13.3.